The summed E-state index contributed by atoms with van der Waals surface area (Å²) in [7, 11) is 0. The van der Waals surface area contributed by atoms with Gasteiger partial charge in [-0.05, 0) is 93.3 Å². The number of carboxylic acid groups (broad SMARTS) is 2. The molecule has 3 heterocycles. The van der Waals surface area contributed by atoms with Crippen LogP contribution in [0.1, 0.15) is 93.0 Å². The Labute approximate surface area is 630 Å². The van der Waals surface area contributed by atoms with Crippen molar-refractivity contribution in [2.75, 3.05) is 39.3 Å². The fraction of sp³-hybridized carbons (Fsp3) is 0.437. The number of H-pyrrole nitrogens is 3. The Morgan fingerprint density at radius 1 is 0.455 bits per heavy atom. The highest BCUT2D eigenvalue weighted by molar-refractivity contribution is 6.00. The lowest BCUT2D eigenvalue weighted by Crippen LogP contribution is -2.60. The summed E-state index contributed by atoms with van der Waals surface area (Å²) >= 11 is 0. The predicted octanol–water partition coefficient (Wildman–Crippen LogP) is -5.10. The minimum absolute atomic E-state index is 0.0137. The van der Waals surface area contributed by atoms with Gasteiger partial charge in [-0.25, -0.2) is 9.78 Å². The first-order valence-corrected chi connectivity index (χ1v) is 35.6. The monoisotopic (exact) mass is 1530 g/mol. The number of para-hydroxylation sites is 2. The second-order valence-corrected chi connectivity index (χ2v) is 26.0. The Morgan fingerprint density at radius 2 is 0.918 bits per heavy atom. The van der Waals surface area contributed by atoms with Gasteiger partial charge in [-0.3, -0.25) is 67.7 Å². The van der Waals surface area contributed by atoms with Crippen molar-refractivity contribution in [3.8, 4) is 0 Å². The van der Waals surface area contributed by atoms with Crippen LogP contribution in [0.25, 0.3) is 21.8 Å². The Balaban J connectivity index is 1.11. The van der Waals surface area contributed by atoms with Crippen LogP contribution < -0.4 is 92.5 Å². The van der Waals surface area contributed by atoms with E-state index in [9.17, 15) is 82.4 Å². The lowest BCUT2D eigenvalue weighted by Gasteiger charge is -2.27. The van der Waals surface area contributed by atoms with Gasteiger partial charge in [-0.1, -0.05) is 73.2 Å². The zero-order chi connectivity index (χ0) is 80.2. The van der Waals surface area contributed by atoms with Crippen molar-refractivity contribution in [3.05, 3.63) is 126 Å². The van der Waals surface area contributed by atoms with Crippen molar-refractivity contribution in [1.29, 1.82) is 5.41 Å². The van der Waals surface area contributed by atoms with E-state index >= 15 is 0 Å². The second-order valence-electron chi connectivity index (χ2n) is 26.0. The fourth-order valence-corrected chi connectivity index (χ4v) is 11.6. The van der Waals surface area contributed by atoms with E-state index in [2.05, 4.69) is 83.7 Å². The normalized spacial score (nSPS) is 13.8. The lowest BCUT2D eigenvalue weighted by atomic mass is 10.0. The van der Waals surface area contributed by atoms with Crippen molar-refractivity contribution in [3.63, 3.8) is 0 Å². The van der Waals surface area contributed by atoms with Crippen LogP contribution in [0.3, 0.4) is 0 Å². The molecule has 0 radical (unpaired) electrons. The van der Waals surface area contributed by atoms with Gasteiger partial charge in [0.2, 0.25) is 70.9 Å². The van der Waals surface area contributed by atoms with Gasteiger partial charge < -0.3 is 123 Å². The minimum Gasteiger partial charge on any atom is -0.481 e. The molecule has 110 heavy (non-hydrogen) atoms. The molecule has 0 fully saturated rings. The number of hydrogen-bond donors (Lipinski definition) is 24. The van der Waals surface area contributed by atoms with Gasteiger partial charge in [0.25, 0.3) is 0 Å². The summed E-state index contributed by atoms with van der Waals surface area (Å²) in [5.74, 6) is -15.4. The largest absolute Gasteiger partial charge is 0.481 e. The highest BCUT2D eigenvalue weighted by atomic mass is 16.4. The molecule has 12 amide bonds. The zero-order valence-electron chi connectivity index (χ0n) is 60.3. The Hall–Kier alpha value is -12.4. The molecule has 594 valence electrons. The number of nitrogens with two attached hydrogens (primary N) is 5. The number of aliphatic carboxylic acids is 2. The summed E-state index contributed by atoms with van der Waals surface area (Å²) in [4.78, 5) is 204. The van der Waals surface area contributed by atoms with E-state index in [0.29, 0.717) is 58.8 Å². The van der Waals surface area contributed by atoms with Crippen LogP contribution in [0, 0.1) is 5.41 Å². The molecule has 0 bridgehead atoms. The molecule has 0 saturated carbocycles. The Kier molecular flexibility index (Phi) is 35.2. The smallest absolute Gasteiger partial charge is 0.326 e. The molecule has 3 aromatic heterocycles. The number of aliphatic hydroxyl groups excluding tert-OH is 1. The topological polar surface area (TPSA) is 658 Å². The Morgan fingerprint density at radius 3 is 1.45 bits per heavy atom. The molecule has 39 heteroatoms. The standard InChI is InChI=1S/C71H98N22O17/c72-24-10-8-17-45(74)61(100)86-49(21-12-26-79-71(76)77)64(103)89-51(27-39-13-2-1-3-14-39)66(105)87-48(20-9-11-25-73)63(102)88-50(22-23-57(75)95)65(104)91-54(31-60(98)99)62(101)83-35-58(96)82-36-59(97)85-52(28-40-32-80-46-18-6-4-15-43(40)46)67(106)93-56(37-94)69(108)90-53(30-42-34-78-38-84-42)68(107)92-55(70(109)110)29-41-33-81-47-19-7-5-16-44(41)47/h1-7,13-16,18-19,32-34,38,45,48-56,80-81,94H,8-12,17,20-31,35-37,72-74H2,(H2,75,95)(H,78,84)(H,82,96)(H,83,101)(H,85,97)(H,86,100)(H,87,105)(H,88,102)(H,89,103)(H,90,108)(H,91,104)(H,92,107)(H,93,106)(H,98,99)(H,109,110)(H4,76,77,79)/t45-,48-,49-,50-,51-,52-,53-,54-,55-,56-/m0/s1. The van der Waals surface area contributed by atoms with E-state index in [0.717, 1.165) is 5.52 Å². The maximum absolute atomic E-state index is 14.5. The van der Waals surface area contributed by atoms with Crippen molar-refractivity contribution in [1.82, 2.24) is 83.7 Å². The first-order chi connectivity index (χ1) is 52.7. The summed E-state index contributed by atoms with van der Waals surface area (Å²) in [5.41, 5.74) is 31.7. The Bertz CT molecular complexity index is 4140. The molecule has 0 saturated heterocycles. The zero-order valence-corrected chi connectivity index (χ0v) is 60.3. The SMILES string of the molecule is N=C(N)NCCC[C@H](NC(=O)[C@@H](N)CCCCN)C(=O)N[C@@H](Cc1ccccc1)C(=O)N[C@@H](CCCCN)C(=O)N[C@@H](CCC(N)=O)C(=O)N[C@@H](CC(=O)O)C(=O)NCC(=O)NCC(=O)N[C@@H](Cc1c[nH]c2ccccc12)C(=O)N[C@@H](CO)C(=O)N[C@@H](Cc1c[nH]cn1)C(=O)N[C@@H](Cc1c[nH]c2ccccc12)C(=O)O. The van der Waals surface area contributed by atoms with E-state index in [1.807, 2.05) is 0 Å². The summed E-state index contributed by atoms with van der Waals surface area (Å²) in [6.45, 7) is -2.24. The van der Waals surface area contributed by atoms with Crippen molar-refractivity contribution in [2.24, 2.45) is 28.7 Å². The van der Waals surface area contributed by atoms with Crippen LogP contribution in [0.4, 0.5) is 0 Å². The second kappa shape index (κ2) is 44.7. The minimum atomic E-state index is -1.99. The fourth-order valence-electron chi connectivity index (χ4n) is 11.6. The third-order valence-electron chi connectivity index (χ3n) is 17.5. The van der Waals surface area contributed by atoms with Gasteiger partial charge in [-0.2, -0.15) is 0 Å². The summed E-state index contributed by atoms with van der Waals surface area (Å²) in [6, 6.07) is 7.07. The molecule has 10 atom stereocenters. The van der Waals surface area contributed by atoms with Gasteiger partial charge in [0.15, 0.2) is 5.96 Å². The number of imidazole rings is 1. The van der Waals surface area contributed by atoms with E-state index in [-0.39, 0.29) is 82.5 Å². The number of aromatic amines is 3. The van der Waals surface area contributed by atoms with Crippen LogP contribution in [-0.2, 0) is 92.8 Å². The molecule has 39 nitrogen and oxygen atoms in total. The number of unbranched alkanes of at least 4 members (excludes halogenated alkanes) is 2. The molecule has 6 aromatic rings. The number of amides is 12. The predicted molar refractivity (Wildman–Crippen MR) is 398 cm³/mol. The summed E-state index contributed by atoms with van der Waals surface area (Å²) in [6.07, 6.45) is 4.80. The van der Waals surface area contributed by atoms with E-state index in [1.54, 1.807) is 91.3 Å². The molecule has 6 rings (SSSR count). The molecule has 0 aliphatic rings. The lowest BCUT2D eigenvalue weighted by molar-refractivity contribution is -0.142. The number of carbonyl (C=O) groups is 14. The van der Waals surface area contributed by atoms with Crippen molar-refractivity contribution < 1.29 is 82.4 Å². The number of nitrogens with zero attached hydrogens (tertiary/aromatic N) is 1. The molecule has 29 N–H and O–H groups in total. The molecule has 0 unspecified atom stereocenters. The number of benzene rings is 3. The molecule has 0 aliphatic carbocycles. The molecular weight excluding hydrogens is 1430 g/mol. The van der Waals surface area contributed by atoms with Gasteiger partial charge in [0.05, 0.1) is 44.2 Å². The number of fused-ring (bicyclic) bond motifs is 2. The number of carbonyl (C=O) groups excluding carboxylic acids is 12. The quantitative estimate of drug-likeness (QED) is 0.00965. The average Bonchev–Trinajstić information content (AvgIpc) is 1.68. The van der Waals surface area contributed by atoms with Gasteiger partial charge >= 0.3 is 11.9 Å². The molecule has 0 aliphatic heterocycles. The number of rotatable bonds is 49. The van der Waals surface area contributed by atoms with E-state index in [4.69, 9.17) is 34.1 Å². The molecular formula is C71H98N22O17. The third kappa shape index (κ3) is 28.7. The van der Waals surface area contributed by atoms with Gasteiger partial charge in [0.1, 0.15) is 54.4 Å². The van der Waals surface area contributed by atoms with E-state index in [1.165, 1.54) is 12.5 Å². The first-order valence-electron chi connectivity index (χ1n) is 35.6. The number of hydrogen-bond acceptors (Lipinski definition) is 20. The van der Waals surface area contributed by atoms with E-state index < -0.39 is 182 Å². The number of aromatic nitrogens is 4. The maximum Gasteiger partial charge on any atom is 0.326 e. The van der Waals surface area contributed by atoms with Crippen molar-refractivity contribution in [2.45, 2.75) is 157 Å². The number of aliphatic hydroxyl groups is 1. The van der Waals surface area contributed by atoms with Gasteiger partial charge in [-0.15, -0.1) is 0 Å². The van der Waals surface area contributed by atoms with Crippen LogP contribution in [0.2, 0.25) is 0 Å². The number of nitrogens with one attached hydrogen (secondary N) is 16. The first kappa shape index (κ1) is 86.6. The van der Waals surface area contributed by atoms with Crippen LogP contribution in [0.15, 0.2) is 104 Å². The highest BCUT2D eigenvalue weighted by Crippen LogP contribution is 2.22. The van der Waals surface area contributed by atoms with Crippen LogP contribution >= 0.6 is 0 Å². The van der Waals surface area contributed by atoms with Crippen LogP contribution in [-0.4, -0.2) is 224 Å². The number of primary amides is 1. The average molecular weight is 1530 g/mol. The van der Waals surface area contributed by atoms with Crippen molar-refractivity contribution >= 4 is 111 Å². The number of guanidine groups is 1. The van der Waals surface area contributed by atoms with Gasteiger partial charge in [0, 0.05) is 79.0 Å². The van der Waals surface area contributed by atoms with Crippen LogP contribution in [0.5, 0.6) is 0 Å². The molecule has 0 spiro atoms. The maximum atomic E-state index is 14.5. The summed E-state index contributed by atoms with van der Waals surface area (Å²) < 4.78 is 0. The summed E-state index contributed by atoms with van der Waals surface area (Å²) in [5, 5.41) is 69.0. The molecule has 3 aromatic carbocycles. The highest BCUT2D eigenvalue weighted by Gasteiger charge is 2.36. The third-order valence-corrected chi connectivity index (χ3v) is 17.5. The number of carboxylic acids is 2.